The first-order valence-electron chi connectivity index (χ1n) is 4.79. The van der Waals surface area contributed by atoms with E-state index in [-0.39, 0.29) is 17.3 Å². The van der Waals surface area contributed by atoms with Crippen LogP contribution in [0.5, 0.6) is 0 Å². The number of aromatic nitrogens is 1. The van der Waals surface area contributed by atoms with Crippen molar-refractivity contribution in [2.75, 3.05) is 0 Å². The molecule has 0 aliphatic rings. The monoisotopic (exact) mass is 279 g/mol. The van der Waals surface area contributed by atoms with Gasteiger partial charge in [-0.25, -0.2) is 9.37 Å². The predicted octanol–water partition coefficient (Wildman–Crippen LogP) is 4.24. The Hall–Kier alpha value is -1.56. The molecule has 0 saturated carbocycles. The molecule has 96 valence electrons. The molecule has 0 amide bonds. The lowest BCUT2D eigenvalue weighted by molar-refractivity contribution is -0.137. The second kappa shape index (κ2) is 4.61. The average molecular weight is 280 g/mol. The van der Waals surface area contributed by atoms with Crippen LogP contribution in [0, 0.1) is 5.82 Å². The number of halogens is 5. The Kier molecular flexibility index (Phi) is 3.30. The van der Waals surface area contributed by atoms with Crippen molar-refractivity contribution >= 4 is 11.6 Å². The molecule has 1 aromatic heterocycles. The maximum atomic E-state index is 13.5. The third-order valence-electron chi connectivity index (χ3n) is 2.21. The topological polar surface area (TPSA) is 26.0 Å². The summed E-state index contributed by atoms with van der Waals surface area (Å²) in [5.41, 5.74) is -0.991. The summed E-state index contributed by atoms with van der Waals surface area (Å²) in [5.74, 6) is -1.04. The first-order chi connectivity index (χ1) is 8.41. The van der Waals surface area contributed by atoms with Crippen LogP contribution < -0.4 is 0 Å². The van der Waals surface area contributed by atoms with Crippen molar-refractivity contribution in [3.05, 3.63) is 41.5 Å². The molecule has 0 bridgehead atoms. The SMILES string of the molecule is Fc1ccc(C(F)(F)F)cc1-c1nc(CCl)co1. The molecular weight excluding hydrogens is 274 g/mol. The van der Waals surface area contributed by atoms with Gasteiger partial charge in [-0.1, -0.05) is 0 Å². The maximum Gasteiger partial charge on any atom is 0.416 e. The average Bonchev–Trinajstić information content (AvgIpc) is 2.76. The van der Waals surface area contributed by atoms with Gasteiger partial charge in [0, 0.05) is 0 Å². The molecule has 1 aromatic carbocycles. The van der Waals surface area contributed by atoms with Gasteiger partial charge in [0.05, 0.1) is 22.7 Å². The molecule has 2 rings (SSSR count). The standard InChI is InChI=1S/C11H6ClF4NO/c12-4-7-5-18-10(17-7)8-3-6(11(14,15)16)1-2-9(8)13/h1-3,5H,4H2. The van der Waals surface area contributed by atoms with Gasteiger partial charge in [-0.05, 0) is 18.2 Å². The van der Waals surface area contributed by atoms with Gasteiger partial charge in [-0.3, -0.25) is 0 Å². The van der Waals surface area contributed by atoms with Crippen molar-refractivity contribution in [3.63, 3.8) is 0 Å². The Bertz CT molecular complexity index is 564. The van der Waals surface area contributed by atoms with Gasteiger partial charge in [-0.15, -0.1) is 11.6 Å². The van der Waals surface area contributed by atoms with E-state index in [4.69, 9.17) is 16.0 Å². The zero-order chi connectivity index (χ0) is 13.3. The molecule has 0 aliphatic heterocycles. The van der Waals surface area contributed by atoms with E-state index in [2.05, 4.69) is 4.98 Å². The number of alkyl halides is 4. The minimum Gasteiger partial charge on any atom is -0.444 e. The second-order valence-electron chi connectivity index (χ2n) is 3.47. The van der Waals surface area contributed by atoms with Crippen LogP contribution in [0.2, 0.25) is 0 Å². The van der Waals surface area contributed by atoms with Crippen LogP contribution in [0.15, 0.2) is 28.9 Å². The highest BCUT2D eigenvalue weighted by Crippen LogP contribution is 2.33. The lowest BCUT2D eigenvalue weighted by atomic mass is 10.1. The first kappa shape index (κ1) is 12.9. The van der Waals surface area contributed by atoms with Crippen LogP contribution in [-0.4, -0.2) is 4.98 Å². The Morgan fingerprint density at radius 1 is 1.28 bits per heavy atom. The minimum atomic E-state index is -4.55. The van der Waals surface area contributed by atoms with Gasteiger partial charge < -0.3 is 4.42 Å². The van der Waals surface area contributed by atoms with Crippen molar-refractivity contribution in [3.8, 4) is 11.5 Å². The largest absolute Gasteiger partial charge is 0.444 e. The zero-order valence-electron chi connectivity index (χ0n) is 8.76. The summed E-state index contributed by atoms with van der Waals surface area (Å²) in [6.07, 6.45) is -3.38. The molecule has 0 fully saturated rings. The molecule has 0 radical (unpaired) electrons. The second-order valence-corrected chi connectivity index (χ2v) is 3.74. The van der Waals surface area contributed by atoms with Crippen LogP contribution in [0.4, 0.5) is 17.6 Å². The van der Waals surface area contributed by atoms with Crippen molar-refractivity contribution in [1.29, 1.82) is 0 Å². The summed E-state index contributed by atoms with van der Waals surface area (Å²) in [6, 6.07) is 2.03. The fraction of sp³-hybridized carbons (Fsp3) is 0.182. The Labute approximate surface area is 104 Å². The summed E-state index contributed by atoms with van der Waals surface area (Å²) < 4.78 is 55.8. The Morgan fingerprint density at radius 3 is 2.56 bits per heavy atom. The summed E-state index contributed by atoms with van der Waals surface area (Å²) >= 11 is 5.48. The van der Waals surface area contributed by atoms with Gasteiger partial charge in [0.2, 0.25) is 5.89 Å². The van der Waals surface area contributed by atoms with Gasteiger partial charge in [0.25, 0.3) is 0 Å². The molecule has 0 unspecified atom stereocenters. The van der Waals surface area contributed by atoms with Crippen LogP contribution in [0.3, 0.4) is 0 Å². The number of nitrogens with zero attached hydrogens (tertiary/aromatic N) is 1. The van der Waals surface area contributed by atoms with E-state index in [1.807, 2.05) is 0 Å². The third kappa shape index (κ3) is 2.48. The van der Waals surface area contributed by atoms with Gasteiger partial charge >= 0.3 is 6.18 Å². The van der Waals surface area contributed by atoms with E-state index >= 15 is 0 Å². The molecule has 0 aliphatic carbocycles. The minimum absolute atomic E-state index is 0.0318. The molecule has 18 heavy (non-hydrogen) atoms. The fourth-order valence-corrected chi connectivity index (χ4v) is 1.48. The van der Waals surface area contributed by atoms with Gasteiger partial charge in [0.15, 0.2) is 0 Å². The molecule has 2 aromatic rings. The number of benzene rings is 1. The normalized spacial score (nSPS) is 11.8. The van der Waals surface area contributed by atoms with Crippen molar-refractivity contribution in [2.45, 2.75) is 12.1 Å². The molecule has 0 spiro atoms. The van der Waals surface area contributed by atoms with Crippen LogP contribution >= 0.6 is 11.6 Å². The molecule has 0 N–H and O–H groups in total. The van der Waals surface area contributed by atoms with Crippen molar-refractivity contribution in [1.82, 2.24) is 4.98 Å². The van der Waals surface area contributed by atoms with Crippen LogP contribution in [0.25, 0.3) is 11.5 Å². The smallest absolute Gasteiger partial charge is 0.416 e. The quantitative estimate of drug-likeness (QED) is 0.607. The predicted molar refractivity (Wildman–Crippen MR) is 56.5 cm³/mol. The molecular formula is C11H6ClF4NO. The fourth-order valence-electron chi connectivity index (χ4n) is 1.36. The summed E-state index contributed by atoms with van der Waals surface area (Å²) in [6.45, 7) is 0. The lowest BCUT2D eigenvalue weighted by Crippen LogP contribution is -2.05. The third-order valence-corrected chi connectivity index (χ3v) is 2.49. The number of hydrogen-bond donors (Lipinski definition) is 0. The summed E-state index contributed by atoms with van der Waals surface area (Å²) in [7, 11) is 0. The number of oxazole rings is 1. The maximum absolute atomic E-state index is 13.5. The highest BCUT2D eigenvalue weighted by molar-refractivity contribution is 6.16. The van der Waals surface area contributed by atoms with Crippen LogP contribution in [-0.2, 0) is 12.1 Å². The lowest BCUT2D eigenvalue weighted by Gasteiger charge is -2.07. The highest BCUT2D eigenvalue weighted by Gasteiger charge is 2.31. The molecule has 1 heterocycles. The van der Waals surface area contributed by atoms with Gasteiger partial charge in [0.1, 0.15) is 12.1 Å². The first-order valence-corrected chi connectivity index (χ1v) is 5.33. The van der Waals surface area contributed by atoms with E-state index in [0.29, 0.717) is 17.8 Å². The molecule has 2 nitrogen and oxygen atoms in total. The van der Waals surface area contributed by atoms with Gasteiger partial charge in [-0.2, -0.15) is 13.2 Å². The molecule has 0 atom stereocenters. The number of hydrogen-bond acceptors (Lipinski definition) is 2. The van der Waals surface area contributed by atoms with Crippen molar-refractivity contribution < 1.29 is 22.0 Å². The molecule has 0 saturated heterocycles. The van der Waals surface area contributed by atoms with E-state index in [0.717, 1.165) is 6.07 Å². The van der Waals surface area contributed by atoms with E-state index < -0.39 is 17.6 Å². The van der Waals surface area contributed by atoms with E-state index in [1.54, 1.807) is 0 Å². The summed E-state index contributed by atoms with van der Waals surface area (Å²) in [5, 5.41) is 0. The Morgan fingerprint density at radius 2 is 2.00 bits per heavy atom. The molecule has 7 heteroatoms. The zero-order valence-corrected chi connectivity index (χ0v) is 9.52. The van der Waals surface area contributed by atoms with Crippen molar-refractivity contribution in [2.24, 2.45) is 0 Å². The van der Waals surface area contributed by atoms with E-state index in [1.165, 1.54) is 6.26 Å². The Balaban J connectivity index is 2.49. The number of rotatable bonds is 2. The highest BCUT2D eigenvalue weighted by atomic mass is 35.5. The van der Waals surface area contributed by atoms with Crippen LogP contribution in [0.1, 0.15) is 11.3 Å². The van der Waals surface area contributed by atoms with E-state index in [9.17, 15) is 17.6 Å². The summed E-state index contributed by atoms with van der Waals surface area (Å²) in [4.78, 5) is 3.78.